The third-order valence-corrected chi connectivity index (χ3v) is 3.56. The van der Waals surface area contributed by atoms with Gasteiger partial charge in [0, 0.05) is 6.61 Å². The Morgan fingerprint density at radius 2 is 1.65 bits per heavy atom. The summed E-state index contributed by atoms with van der Waals surface area (Å²) in [5.41, 5.74) is 3.99. The molecule has 1 aromatic carbocycles. The van der Waals surface area contributed by atoms with E-state index >= 15 is 0 Å². The maximum atomic E-state index is 6.03. The number of nitrogens with one attached hydrogen (secondary N) is 1. The molecular weight excluding hydrogens is 246 g/mol. The number of hydrogen-bond acceptors (Lipinski definition) is 2. The Kier molecular flexibility index (Phi) is 7.25. The summed E-state index contributed by atoms with van der Waals surface area (Å²) < 4.78 is 6.03. The van der Waals surface area contributed by atoms with Crippen LogP contribution in [0.2, 0.25) is 0 Å². The molecule has 2 heteroatoms. The zero-order valence-electron chi connectivity index (χ0n) is 14.0. The number of aryl methyl sites for hydroxylation is 2. The molecular formula is C18H31NO. The summed E-state index contributed by atoms with van der Waals surface area (Å²) >= 11 is 0. The van der Waals surface area contributed by atoms with Gasteiger partial charge in [0.15, 0.2) is 0 Å². The van der Waals surface area contributed by atoms with Crippen LogP contribution in [0.15, 0.2) is 18.2 Å². The van der Waals surface area contributed by atoms with E-state index in [-0.39, 0.29) is 12.1 Å². The molecule has 114 valence electrons. The minimum absolute atomic E-state index is 0.216. The van der Waals surface area contributed by atoms with Gasteiger partial charge in [-0.15, -0.1) is 0 Å². The van der Waals surface area contributed by atoms with Gasteiger partial charge in [-0.2, -0.15) is 0 Å². The lowest BCUT2D eigenvalue weighted by Gasteiger charge is -2.31. The Hall–Kier alpha value is -0.860. The molecule has 20 heavy (non-hydrogen) atoms. The molecule has 0 fully saturated rings. The highest BCUT2D eigenvalue weighted by Crippen LogP contribution is 2.26. The third kappa shape index (κ3) is 4.92. The van der Waals surface area contributed by atoms with Gasteiger partial charge >= 0.3 is 0 Å². The zero-order chi connectivity index (χ0) is 15.1. The minimum atomic E-state index is 0.216. The largest absolute Gasteiger partial charge is 0.376 e. The molecule has 0 aliphatic heterocycles. The molecule has 0 saturated carbocycles. The Labute approximate surface area is 124 Å². The van der Waals surface area contributed by atoms with Gasteiger partial charge in [0.2, 0.25) is 0 Å². The Morgan fingerprint density at radius 1 is 1.05 bits per heavy atom. The van der Waals surface area contributed by atoms with E-state index in [9.17, 15) is 0 Å². The van der Waals surface area contributed by atoms with E-state index in [4.69, 9.17) is 4.74 Å². The number of hydrogen-bond donors (Lipinski definition) is 1. The highest BCUT2D eigenvalue weighted by Gasteiger charge is 2.26. The molecule has 1 aromatic rings. The molecule has 0 bridgehead atoms. The van der Waals surface area contributed by atoms with Crippen molar-refractivity contribution in [1.29, 1.82) is 0 Å². The summed E-state index contributed by atoms with van der Waals surface area (Å²) in [7, 11) is 0. The summed E-state index contributed by atoms with van der Waals surface area (Å²) in [5.74, 6) is 0.491. The molecule has 2 unspecified atom stereocenters. The maximum Gasteiger partial charge on any atom is 0.0792 e. The monoisotopic (exact) mass is 277 g/mol. The first kappa shape index (κ1) is 17.2. The second kappa shape index (κ2) is 8.43. The van der Waals surface area contributed by atoms with Crippen molar-refractivity contribution in [2.24, 2.45) is 5.92 Å². The standard InChI is InChI=1S/C18H31NO/c1-7-9-19-17(18(13(3)4)20-8-2)16-11-14(5)10-15(6)12-16/h10-13,17-19H,7-9H2,1-6H3. The van der Waals surface area contributed by atoms with Crippen molar-refractivity contribution in [3.05, 3.63) is 34.9 Å². The topological polar surface area (TPSA) is 21.3 Å². The molecule has 2 atom stereocenters. The summed E-state index contributed by atoms with van der Waals surface area (Å²) in [6.07, 6.45) is 1.35. The first-order valence-corrected chi connectivity index (χ1v) is 7.92. The number of benzene rings is 1. The lowest BCUT2D eigenvalue weighted by atomic mass is 9.91. The van der Waals surface area contributed by atoms with Crippen LogP contribution < -0.4 is 5.32 Å². The van der Waals surface area contributed by atoms with Crippen molar-refractivity contribution in [2.75, 3.05) is 13.2 Å². The molecule has 0 heterocycles. The zero-order valence-corrected chi connectivity index (χ0v) is 14.0. The first-order valence-electron chi connectivity index (χ1n) is 7.92. The number of rotatable bonds is 8. The van der Waals surface area contributed by atoms with Crippen molar-refractivity contribution in [3.63, 3.8) is 0 Å². The van der Waals surface area contributed by atoms with E-state index in [1.165, 1.54) is 16.7 Å². The van der Waals surface area contributed by atoms with Crippen LogP contribution in [0.1, 0.15) is 56.8 Å². The van der Waals surface area contributed by atoms with Crippen molar-refractivity contribution < 1.29 is 4.74 Å². The molecule has 0 aliphatic carbocycles. The van der Waals surface area contributed by atoms with Gasteiger partial charge in [-0.25, -0.2) is 0 Å². The second-order valence-electron chi connectivity index (χ2n) is 6.02. The quantitative estimate of drug-likeness (QED) is 0.760. The molecule has 0 aliphatic rings. The second-order valence-corrected chi connectivity index (χ2v) is 6.02. The molecule has 0 amide bonds. The van der Waals surface area contributed by atoms with Gasteiger partial charge in [0.1, 0.15) is 0 Å². The first-order chi connectivity index (χ1) is 9.49. The molecule has 1 rings (SSSR count). The van der Waals surface area contributed by atoms with Crippen LogP contribution in [0.5, 0.6) is 0 Å². The average Bonchev–Trinajstić information content (AvgIpc) is 2.36. The fourth-order valence-electron chi connectivity index (χ4n) is 2.78. The van der Waals surface area contributed by atoms with Gasteiger partial charge < -0.3 is 10.1 Å². The van der Waals surface area contributed by atoms with Gasteiger partial charge in [-0.3, -0.25) is 0 Å². The van der Waals surface area contributed by atoms with Crippen LogP contribution in [0.25, 0.3) is 0 Å². The Balaban J connectivity index is 3.08. The van der Waals surface area contributed by atoms with Crippen molar-refractivity contribution in [3.8, 4) is 0 Å². The van der Waals surface area contributed by atoms with E-state index in [2.05, 4.69) is 65.1 Å². The van der Waals surface area contributed by atoms with Crippen LogP contribution in [-0.4, -0.2) is 19.3 Å². The van der Waals surface area contributed by atoms with Gasteiger partial charge in [-0.1, -0.05) is 50.1 Å². The van der Waals surface area contributed by atoms with E-state index in [1.807, 2.05) is 0 Å². The smallest absolute Gasteiger partial charge is 0.0792 e. The maximum absolute atomic E-state index is 6.03. The van der Waals surface area contributed by atoms with Crippen LogP contribution in [-0.2, 0) is 4.74 Å². The van der Waals surface area contributed by atoms with Gasteiger partial charge in [-0.05, 0) is 45.2 Å². The summed E-state index contributed by atoms with van der Waals surface area (Å²) in [4.78, 5) is 0. The van der Waals surface area contributed by atoms with E-state index in [0.717, 1.165) is 19.6 Å². The molecule has 0 spiro atoms. The Morgan fingerprint density at radius 3 is 2.10 bits per heavy atom. The Bertz CT molecular complexity index is 380. The predicted octanol–water partition coefficient (Wildman–Crippen LogP) is 4.41. The molecule has 0 radical (unpaired) electrons. The lowest BCUT2D eigenvalue weighted by Crippen LogP contribution is -2.37. The van der Waals surface area contributed by atoms with Gasteiger partial charge in [0.25, 0.3) is 0 Å². The molecule has 0 aromatic heterocycles. The fourth-order valence-corrected chi connectivity index (χ4v) is 2.78. The summed E-state index contributed by atoms with van der Waals surface area (Å²) in [6, 6.07) is 7.07. The van der Waals surface area contributed by atoms with Crippen molar-refractivity contribution in [1.82, 2.24) is 5.32 Å². The highest BCUT2D eigenvalue weighted by atomic mass is 16.5. The highest BCUT2D eigenvalue weighted by molar-refractivity contribution is 5.31. The average molecular weight is 277 g/mol. The fraction of sp³-hybridized carbons (Fsp3) is 0.667. The molecule has 0 saturated heterocycles. The summed E-state index contributed by atoms with van der Waals surface area (Å²) in [5, 5.41) is 3.68. The molecule has 1 N–H and O–H groups in total. The van der Waals surface area contributed by atoms with Crippen LogP contribution >= 0.6 is 0 Å². The van der Waals surface area contributed by atoms with E-state index in [0.29, 0.717) is 5.92 Å². The van der Waals surface area contributed by atoms with Crippen LogP contribution in [0.3, 0.4) is 0 Å². The van der Waals surface area contributed by atoms with E-state index < -0.39 is 0 Å². The SMILES string of the molecule is CCCNC(c1cc(C)cc(C)c1)C(OCC)C(C)C. The van der Waals surface area contributed by atoms with Crippen molar-refractivity contribution >= 4 is 0 Å². The van der Waals surface area contributed by atoms with Gasteiger partial charge in [0.05, 0.1) is 12.1 Å². The normalized spacial score (nSPS) is 14.6. The molecule has 2 nitrogen and oxygen atoms in total. The van der Waals surface area contributed by atoms with Crippen LogP contribution in [0.4, 0.5) is 0 Å². The lowest BCUT2D eigenvalue weighted by molar-refractivity contribution is 0.00282. The number of ether oxygens (including phenoxy) is 1. The van der Waals surface area contributed by atoms with E-state index in [1.54, 1.807) is 0 Å². The summed E-state index contributed by atoms with van der Waals surface area (Å²) in [6.45, 7) is 14.9. The minimum Gasteiger partial charge on any atom is -0.376 e. The van der Waals surface area contributed by atoms with Crippen LogP contribution in [0, 0.1) is 19.8 Å². The predicted molar refractivity (Wildman–Crippen MR) is 87.2 cm³/mol. The van der Waals surface area contributed by atoms with Crippen molar-refractivity contribution in [2.45, 2.75) is 60.1 Å². The third-order valence-electron chi connectivity index (χ3n) is 3.56.